The maximum absolute atomic E-state index is 11.3. The average molecular weight is 197 g/mol. The van der Waals surface area contributed by atoms with Gasteiger partial charge >= 0.3 is 5.97 Å². The molecule has 0 spiro atoms. The van der Waals surface area contributed by atoms with Crippen molar-refractivity contribution in [2.75, 3.05) is 7.11 Å². The molecule has 0 amide bonds. The van der Waals surface area contributed by atoms with Gasteiger partial charge in [-0.3, -0.25) is 0 Å². The van der Waals surface area contributed by atoms with Crippen molar-refractivity contribution < 1.29 is 9.53 Å². The molecule has 0 aliphatic rings. The minimum atomic E-state index is -0.386. The van der Waals surface area contributed by atoms with Crippen LogP contribution in [0.25, 0.3) is 0 Å². The number of rotatable bonds is 3. The molecule has 1 rings (SSSR count). The average Bonchev–Trinajstić information content (AvgIpc) is 2.63. The molecule has 14 heavy (non-hydrogen) atoms. The molecule has 0 aromatic carbocycles. The molecule has 0 saturated carbocycles. The number of imidazole rings is 1. The predicted octanol–water partition coefficient (Wildman–Crippen LogP) is 0.637. The van der Waals surface area contributed by atoms with Crippen molar-refractivity contribution in [1.82, 2.24) is 9.55 Å². The second kappa shape index (κ2) is 4.23. The monoisotopic (exact) mass is 197 g/mol. The Morgan fingerprint density at radius 3 is 2.79 bits per heavy atom. The lowest BCUT2D eigenvalue weighted by molar-refractivity contribution is -0.144. The lowest BCUT2D eigenvalue weighted by Gasteiger charge is -2.15. The lowest BCUT2D eigenvalue weighted by atomic mass is 10.2. The maximum atomic E-state index is 11.3. The van der Waals surface area contributed by atoms with Gasteiger partial charge in [0.1, 0.15) is 6.04 Å². The predicted molar refractivity (Wildman–Crippen MR) is 51.6 cm³/mol. The summed E-state index contributed by atoms with van der Waals surface area (Å²) in [7, 11) is 1.36. The van der Waals surface area contributed by atoms with Gasteiger partial charge in [-0.05, 0) is 13.8 Å². The van der Waals surface area contributed by atoms with Gasteiger partial charge in [-0.1, -0.05) is 0 Å². The van der Waals surface area contributed by atoms with Crippen LogP contribution in [0.15, 0.2) is 12.5 Å². The highest BCUT2D eigenvalue weighted by Gasteiger charge is 2.18. The van der Waals surface area contributed by atoms with Gasteiger partial charge in [-0.15, -0.1) is 0 Å². The topological polar surface area (TPSA) is 70.1 Å². The number of hydrogen-bond acceptors (Lipinski definition) is 4. The van der Waals surface area contributed by atoms with Crippen LogP contribution in [-0.4, -0.2) is 22.6 Å². The number of aromatic nitrogens is 2. The molecule has 2 unspecified atom stereocenters. The van der Waals surface area contributed by atoms with Gasteiger partial charge in [0.15, 0.2) is 0 Å². The third kappa shape index (κ3) is 1.93. The van der Waals surface area contributed by atoms with E-state index in [1.807, 2.05) is 6.92 Å². The van der Waals surface area contributed by atoms with Crippen LogP contribution in [0, 0.1) is 0 Å². The highest BCUT2D eigenvalue weighted by Crippen LogP contribution is 2.15. The molecule has 2 atom stereocenters. The summed E-state index contributed by atoms with van der Waals surface area (Å²) in [6, 6.07) is -0.534. The number of carbonyl (C=O) groups excluding carboxylic acids is 1. The quantitative estimate of drug-likeness (QED) is 0.722. The van der Waals surface area contributed by atoms with Gasteiger partial charge in [-0.2, -0.15) is 0 Å². The molecule has 5 nitrogen and oxygen atoms in total. The Hall–Kier alpha value is -1.36. The Morgan fingerprint density at radius 1 is 1.64 bits per heavy atom. The summed E-state index contributed by atoms with van der Waals surface area (Å²) in [5, 5.41) is 0. The van der Waals surface area contributed by atoms with Crippen LogP contribution in [0.1, 0.15) is 31.6 Å². The Morgan fingerprint density at radius 2 is 2.29 bits per heavy atom. The molecule has 0 aliphatic carbocycles. The summed E-state index contributed by atoms with van der Waals surface area (Å²) in [6.45, 7) is 3.59. The van der Waals surface area contributed by atoms with E-state index in [0.717, 1.165) is 5.69 Å². The number of esters is 1. The maximum Gasteiger partial charge on any atom is 0.328 e. The first-order chi connectivity index (χ1) is 6.57. The molecule has 1 aromatic rings. The van der Waals surface area contributed by atoms with Crippen LogP contribution in [0.3, 0.4) is 0 Å². The Labute approximate surface area is 82.9 Å². The van der Waals surface area contributed by atoms with E-state index in [9.17, 15) is 4.79 Å². The van der Waals surface area contributed by atoms with E-state index < -0.39 is 0 Å². The first-order valence-corrected chi connectivity index (χ1v) is 4.43. The first kappa shape index (κ1) is 10.7. The molecule has 1 aromatic heterocycles. The van der Waals surface area contributed by atoms with Gasteiger partial charge < -0.3 is 15.0 Å². The van der Waals surface area contributed by atoms with Crippen molar-refractivity contribution in [3.8, 4) is 0 Å². The number of nitrogens with two attached hydrogens (primary N) is 1. The highest BCUT2D eigenvalue weighted by atomic mass is 16.5. The standard InChI is InChI=1S/C9H15N3O2/c1-6(10)8-4-11-5-12(8)7(2)9(13)14-3/h4-7H,10H2,1-3H3. The molecule has 78 valence electrons. The minimum Gasteiger partial charge on any atom is -0.467 e. The van der Waals surface area contributed by atoms with Crippen LogP contribution in [-0.2, 0) is 9.53 Å². The fourth-order valence-electron chi connectivity index (χ4n) is 1.28. The van der Waals surface area contributed by atoms with E-state index in [1.165, 1.54) is 7.11 Å². The summed E-state index contributed by atoms with van der Waals surface area (Å²) in [5.74, 6) is -0.301. The van der Waals surface area contributed by atoms with Gasteiger partial charge in [0.05, 0.1) is 19.1 Å². The highest BCUT2D eigenvalue weighted by molar-refractivity contribution is 5.73. The molecule has 0 aliphatic heterocycles. The third-order valence-electron chi connectivity index (χ3n) is 2.12. The zero-order valence-corrected chi connectivity index (χ0v) is 8.60. The number of nitrogens with zero attached hydrogens (tertiary/aromatic N) is 2. The van der Waals surface area contributed by atoms with Gasteiger partial charge in [-0.25, -0.2) is 9.78 Å². The summed E-state index contributed by atoms with van der Waals surface area (Å²) in [6.07, 6.45) is 3.24. The van der Waals surface area contributed by atoms with E-state index in [4.69, 9.17) is 5.73 Å². The largest absolute Gasteiger partial charge is 0.467 e. The van der Waals surface area contributed by atoms with E-state index in [0.29, 0.717) is 0 Å². The number of carbonyl (C=O) groups is 1. The molecule has 0 fully saturated rings. The van der Waals surface area contributed by atoms with E-state index in [2.05, 4.69) is 9.72 Å². The second-order valence-electron chi connectivity index (χ2n) is 3.21. The fraction of sp³-hybridized carbons (Fsp3) is 0.556. The van der Waals surface area contributed by atoms with E-state index >= 15 is 0 Å². The third-order valence-corrected chi connectivity index (χ3v) is 2.12. The fourth-order valence-corrected chi connectivity index (χ4v) is 1.28. The number of methoxy groups -OCH3 is 1. The second-order valence-corrected chi connectivity index (χ2v) is 3.21. The molecule has 0 radical (unpaired) electrons. The van der Waals surface area contributed by atoms with Crippen molar-refractivity contribution in [2.24, 2.45) is 5.73 Å². The minimum absolute atomic E-state index is 0.149. The molecule has 2 N–H and O–H groups in total. The normalized spacial score (nSPS) is 14.9. The Kier molecular flexibility index (Phi) is 3.24. The lowest BCUT2D eigenvalue weighted by Crippen LogP contribution is -2.21. The molecule has 0 saturated heterocycles. The van der Waals surface area contributed by atoms with E-state index in [1.54, 1.807) is 24.0 Å². The summed E-state index contributed by atoms with van der Waals surface area (Å²) >= 11 is 0. The molecule has 5 heteroatoms. The summed E-state index contributed by atoms with van der Waals surface area (Å²) < 4.78 is 6.36. The van der Waals surface area contributed by atoms with Crippen molar-refractivity contribution >= 4 is 5.97 Å². The van der Waals surface area contributed by atoms with Gasteiger partial charge in [0.25, 0.3) is 0 Å². The van der Waals surface area contributed by atoms with Crippen LogP contribution in [0.4, 0.5) is 0 Å². The first-order valence-electron chi connectivity index (χ1n) is 4.43. The summed E-state index contributed by atoms with van der Waals surface area (Å²) in [4.78, 5) is 15.2. The van der Waals surface area contributed by atoms with Crippen LogP contribution in [0.2, 0.25) is 0 Å². The number of ether oxygens (including phenoxy) is 1. The zero-order valence-electron chi connectivity index (χ0n) is 8.60. The van der Waals surface area contributed by atoms with E-state index in [-0.39, 0.29) is 18.1 Å². The molecule has 1 heterocycles. The van der Waals surface area contributed by atoms with Crippen LogP contribution < -0.4 is 5.73 Å². The summed E-state index contributed by atoms with van der Waals surface area (Å²) in [5.41, 5.74) is 6.55. The molecule has 0 bridgehead atoms. The van der Waals surface area contributed by atoms with Crippen molar-refractivity contribution in [2.45, 2.75) is 25.9 Å². The zero-order chi connectivity index (χ0) is 10.7. The van der Waals surface area contributed by atoms with Gasteiger partial charge in [0, 0.05) is 12.2 Å². The molecular weight excluding hydrogens is 182 g/mol. The van der Waals surface area contributed by atoms with Crippen molar-refractivity contribution in [1.29, 1.82) is 0 Å². The van der Waals surface area contributed by atoms with Crippen LogP contribution >= 0.6 is 0 Å². The van der Waals surface area contributed by atoms with Gasteiger partial charge in [0.2, 0.25) is 0 Å². The SMILES string of the molecule is COC(=O)C(C)n1cncc1C(C)N. The smallest absolute Gasteiger partial charge is 0.328 e. The number of hydrogen-bond donors (Lipinski definition) is 1. The Bertz CT molecular complexity index is 320. The Balaban J connectivity index is 2.94. The van der Waals surface area contributed by atoms with Crippen LogP contribution in [0.5, 0.6) is 0 Å². The molecular formula is C9H15N3O2. The van der Waals surface area contributed by atoms with Crippen molar-refractivity contribution in [3.05, 3.63) is 18.2 Å². The van der Waals surface area contributed by atoms with Crippen molar-refractivity contribution in [3.63, 3.8) is 0 Å².